The number of fused-ring (bicyclic) bond motifs is 2. The molecule has 2 heterocycles. The first-order valence-corrected chi connectivity index (χ1v) is 9.01. The SMILES string of the molecule is Cc1ccc(-c2nc3ccc(-c4nc5ccccc5s4)cc3[nH]2)cc1. The van der Waals surface area contributed by atoms with Crippen LogP contribution in [0.15, 0.2) is 66.7 Å². The van der Waals surface area contributed by atoms with Gasteiger partial charge in [-0.15, -0.1) is 11.3 Å². The van der Waals surface area contributed by atoms with Gasteiger partial charge in [0.05, 0.1) is 21.3 Å². The summed E-state index contributed by atoms with van der Waals surface area (Å²) in [7, 11) is 0. The Labute approximate surface area is 149 Å². The predicted octanol–water partition coefficient (Wildman–Crippen LogP) is 5.82. The number of benzene rings is 3. The van der Waals surface area contributed by atoms with Crippen molar-refractivity contribution in [1.82, 2.24) is 15.0 Å². The van der Waals surface area contributed by atoms with Crippen LogP contribution < -0.4 is 0 Å². The lowest BCUT2D eigenvalue weighted by Crippen LogP contribution is -1.80. The topological polar surface area (TPSA) is 41.6 Å². The fourth-order valence-electron chi connectivity index (χ4n) is 2.99. The van der Waals surface area contributed by atoms with Crippen molar-refractivity contribution >= 4 is 32.6 Å². The van der Waals surface area contributed by atoms with Crippen LogP contribution in [0, 0.1) is 6.92 Å². The third kappa shape index (κ3) is 2.51. The molecule has 0 unspecified atom stereocenters. The van der Waals surface area contributed by atoms with Crippen LogP contribution >= 0.6 is 11.3 Å². The molecule has 0 aliphatic rings. The molecule has 0 aliphatic heterocycles. The zero-order chi connectivity index (χ0) is 16.8. The predicted molar refractivity (Wildman–Crippen MR) is 105 cm³/mol. The van der Waals surface area contributed by atoms with E-state index >= 15 is 0 Å². The highest BCUT2D eigenvalue weighted by Crippen LogP contribution is 2.32. The number of aryl methyl sites for hydroxylation is 1. The van der Waals surface area contributed by atoms with E-state index in [1.165, 1.54) is 10.3 Å². The van der Waals surface area contributed by atoms with E-state index in [4.69, 9.17) is 9.97 Å². The summed E-state index contributed by atoms with van der Waals surface area (Å²) in [5, 5.41) is 1.04. The highest BCUT2D eigenvalue weighted by molar-refractivity contribution is 7.21. The highest BCUT2D eigenvalue weighted by atomic mass is 32.1. The summed E-state index contributed by atoms with van der Waals surface area (Å²) < 4.78 is 1.21. The molecule has 2 aromatic heterocycles. The Hall–Kier alpha value is -2.98. The number of hydrogen-bond acceptors (Lipinski definition) is 3. The molecule has 0 atom stereocenters. The number of aromatic amines is 1. The van der Waals surface area contributed by atoms with Gasteiger partial charge in [-0.1, -0.05) is 42.0 Å². The monoisotopic (exact) mass is 341 g/mol. The molecule has 0 fully saturated rings. The number of hydrogen-bond donors (Lipinski definition) is 1. The highest BCUT2D eigenvalue weighted by Gasteiger charge is 2.09. The molecule has 120 valence electrons. The van der Waals surface area contributed by atoms with Gasteiger partial charge in [-0.2, -0.15) is 0 Å². The first kappa shape index (κ1) is 14.4. The molecule has 0 aliphatic carbocycles. The lowest BCUT2D eigenvalue weighted by molar-refractivity contribution is 1.33. The van der Waals surface area contributed by atoms with E-state index in [9.17, 15) is 0 Å². The van der Waals surface area contributed by atoms with E-state index in [-0.39, 0.29) is 0 Å². The average Bonchev–Trinajstić information content (AvgIpc) is 3.25. The Morgan fingerprint density at radius 3 is 2.44 bits per heavy atom. The van der Waals surface area contributed by atoms with Crippen LogP contribution in [0.1, 0.15) is 5.56 Å². The van der Waals surface area contributed by atoms with E-state index in [2.05, 4.69) is 72.6 Å². The van der Waals surface area contributed by atoms with E-state index in [1.807, 2.05) is 6.07 Å². The fraction of sp³-hybridized carbons (Fsp3) is 0.0476. The van der Waals surface area contributed by atoms with Gasteiger partial charge in [-0.3, -0.25) is 0 Å². The van der Waals surface area contributed by atoms with Gasteiger partial charge in [0.1, 0.15) is 10.8 Å². The molecule has 0 saturated heterocycles. The number of nitrogens with one attached hydrogen (secondary N) is 1. The van der Waals surface area contributed by atoms with Gasteiger partial charge >= 0.3 is 0 Å². The van der Waals surface area contributed by atoms with Crippen molar-refractivity contribution in [3.63, 3.8) is 0 Å². The number of nitrogens with zero attached hydrogens (tertiary/aromatic N) is 2. The number of imidazole rings is 1. The van der Waals surface area contributed by atoms with E-state index < -0.39 is 0 Å². The van der Waals surface area contributed by atoms with Crippen LogP contribution in [0.2, 0.25) is 0 Å². The van der Waals surface area contributed by atoms with Gasteiger partial charge in [0, 0.05) is 11.1 Å². The number of rotatable bonds is 2. The Balaban J connectivity index is 1.60. The molecule has 3 nitrogen and oxygen atoms in total. The van der Waals surface area contributed by atoms with Crippen molar-refractivity contribution in [3.05, 3.63) is 72.3 Å². The van der Waals surface area contributed by atoms with Gasteiger partial charge < -0.3 is 4.98 Å². The summed E-state index contributed by atoms with van der Waals surface area (Å²) in [6.45, 7) is 2.09. The molecule has 0 bridgehead atoms. The Morgan fingerprint density at radius 1 is 0.800 bits per heavy atom. The minimum atomic E-state index is 0.899. The van der Waals surface area contributed by atoms with Gasteiger partial charge in [0.2, 0.25) is 0 Å². The normalized spacial score (nSPS) is 11.4. The molecular formula is C21H15N3S. The van der Waals surface area contributed by atoms with Crippen LogP contribution in [-0.2, 0) is 0 Å². The average molecular weight is 341 g/mol. The van der Waals surface area contributed by atoms with Crippen molar-refractivity contribution in [3.8, 4) is 22.0 Å². The minimum Gasteiger partial charge on any atom is -0.338 e. The standard InChI is InChI=1S/C21H15N3S/c1-13-6-8-14(9-7-13)20-22-16-11-10-15(12-18(16)23-20)21-24-17-4-2-3-5-19(17)25-21/h2-12H,1H3,(H,22,23). The maximum atomic E-state index is 4.75. The third-order valence-corrected chi connectivity index (χ3v) is 5.43. The van der Waals surface area contributed by atoms with Gasteiger partial charge in [-0.25, -0.2) is 9.97 Å². The molecule has 0 spiro atoms. The number of para-hydroxylation sites is 1. The molecule has 25 heavy (non-hydrogen) atoms. The van der Waals surface area contributed by atoms with E-state index in [1.54, 1.807) is 11.3 Å². The number of aromatic nitrogens is 3. The molecule has 0 radical (unpaired) electrons. The van der Waals surface area contributed by atoms with Gasteiger partial charge in [0.15, 0.2) is 0 Å². The van der Waals surface area contributed by atoms with Crippen molar-refractivity contribution < 1.29 is 0 Å². The van der Waals surface area contributed by atoms with Crippen LogP contribution in [0.25, 0.3) is 43.2 Å². The zero-order valence-corrected chi connectivity index (χ0v) is 14.5. The lowest BCUT2D eigenvalue weighted by atomic mass is 10.1. The molecule has 4 heteroatoms. The van der Waals surface area contributed by atoms with Crippen molar-refractivity contribution in [2.45, 2.75) is 6.92 Å². The van der Waals surface area contributed by atoms with Crippen LogP contribution in [0.5, 0.6) is 0 Å². The van der Waals surface area contributed by atoms with Crippen molar-refractivity contribution in [2.24, 2.45) is 0 Å². The van der Waals surface area contributed by atoms with Crippen molar-refractivity contribution in [2.75, 3.05) is 0 Å². The first-order chi connectivity index (χ1) is 12.3. The largest absolute Gasteiger partial charge is 0.338 e. The molecule has 1 N–H and O–H groups in total. The second-order valence-electron chi connectivity index (χ2n) is 6.17. The Bertz CT molecular complexity index is 1170. The number of H-pyrrole nitrogens is 1. The van der Waals surface area contributed by atoms with Crippen molar-refractivity contribution in [1.29, 1.82) is 0 Å². The second-order valence-corrected chi connectivity index (χ2v) is 7.20. The molecule has 5 aromatic rings. The summed E-state index contributed by atoms with van der Waals surface area (Å²) in [6.07, 6.45) is 0. The third-order valence-electron chi connectivity index (χ3n) is 4.35. The number of thiazole rings is 1. The summed E-state index contributed by atoms with van der Waals surface area (Å²) in [5.74, 6) is 0.899. The van der Waals surface area contributed by atoms with E-state index in [0.29, 0.717) is 0 Å². The maximum absolute atomic E-state index is 4.75. The zero-order valence-electron chi connectivity index (χ0n) is 13.7. The summed E-state index contributed by atoms with van der Waals surface area (Å²) in [4.78, 5) is 12.9. The Morgan fingerprint density at radius 2 is 1.60 bits per heavy atom. The summed E-state index contributed by atoms with van der Waals surface area (Å²) in [6, 6.07) is 22.9. The quantitative estimate of drug-likeness (QED) is 0.440. The molecule has 0 amide bonds. The van der Waals surface area contributed by atoms with Crippen LogP contribution in [0.4, 0.5) is 0 Å². The molecule has 0 saturated carbocycles. The smallest absolute Gasteiger partial charge is 0.138 e. The minimum absolute atomic E-state index is 0.899. The van der Waals surface area contributed by atoms with Crippen LogP contribution in [0.3, 0.4) is 0 Å². The lowest BCUT2D eigenvalue weighted by Gasteiger charge is -1.96. The first-order valence-electron chi connectivity index (χ1n) is 8.19. The fourth-order valence-corrected chi connectivity index (χ4v) is 3.95. The molecule has 5 rings (SSSR count). The van der Waals surface area contributed by atoms with Gasteiger partial charge in [0.25, 0.3) is 0 Å². The Kier molecular flexibility index (Phi) is 3.18. The van der Waals surface area contributed by atoms with E-state index in [0.717, 1.165) is 38.5 Å². The summed E-state index contributed by atoms with van der Waals surface area (Å²) in [5.41, 5.74) is 6.52. The summed E-state index contributed by atoms with van der Waals surface area (Å²) >= 11 is 1.72. The molecule has 3 aromatic carbocycles. The van der Waals surface area contributed by atoms with Crippen LogP contribution in [-0.4, -0.2) is 15.0 Å². The van der Waals surface area contributed by atoms with Gasteiger partial charge in [-0.05, 0) is 37.3 Å². The molecular weight excluding hydrogens is 326 g/mol. The second kappa shape index (κ2) is 5.53. The maximum Gasteiger partial charge on any atom is 0.138 e.